The van der Waals surface area contributed by atoms with Gasteiger partial charge in [-0.25, -0.2) is 13.6 Å². The molecule has 0 heterocycles. The van der Waals surface area contributed by atoms with Gasteiger partial charge in [-0.2, -0.15) is 0 Å². The molecular weight excluding hydrogens is 265 g/mol. The molecule has 11 heteroatoms. The Labute approximate surface area is 94.0 Å². The van der Waals surface area contributed by atoms with Crippen LogP contribution in [-0.2, 0) is 10.0 Å². The van der Waals surface area contributed by atoms with Gasteiger partial charge in [0.05, 0.1) is 4.90 Å². The topological polar surface area (TPSA) is 88.3 Å². The monoisotopic (exact) mass is 271 g/mol. The molecule has 1 aromatic rings. The maximum Gasteiger partial charge on any atom is 0.673 e. The number of nitrogens with two attached hydrogens (primary N) is 1. The smallest absolute Gasteiger partial charge is 0.418 e. The summed E-state index contributed by atoms with van der Waals surface area (Å²) in [6.07, 6.45) is 0. The molecule has 0 fully saturated rings. The van der Waals surface area contributed by atoms with Crippen LogP contribution in [0.15, 0.2) is 29.2 Å². The number of hydrogen-bond donors (Lipinski definition) is 1. The highest BCUT2D eigenvalue weighted by molar-refractivity contribution is 7.89. The van der Waals surface area contributed by atoms with E-state index < -0.39 is 17.3 Å². The van der Waals surface area contributed by atoms with Crippen molar-refractivity contribution in [1.82, 2.24) is 0 Å². The molecule has 5 nitrogen and oxygen atoms in total. The minimum atomic E-state index is -6.00. The average Bonchev–Trinajstić information content (AvgIpc) is 2.14. The summed E-state index contributed by atoms with van der Waals surface area (Å²) in [6, 6.07) is 5.23. The Morgan fingerprint density at radius 1 is 1.12 bits per heavy atom. The van der Waals surface area contributed by atoms with E-state index in [1.165, 1.54) is 24.3 Å². The maximum atomic E-state index is 10.7. The van der Waals surface area contributed by atoms with Crippen LogP contribution in [0.4, 0.5) is 23.0 Å². The number of benzene rings is 1. The number of primary sulfonamides is 1. The second kappa shape index (κ2) is 5.60. The maximum absolute atomic E-state index is 10.7. The molecule has 17 heavy (non-hydrogen) atoms. The van der Waals surface area contributed by atoms with Crippen LogP contribution in [-0.4, -0.2) is 15.7 Å². The van der Waals surface area contributed by atoms with E-state index in [9.17, 15) is 25.7 Å². The van der Waals surface area contributed by atoms with Crippen molar-refractivity contribution < 1.29 is 25.7 Å². The van der Waals surface area contributed by atoms with Gasteiger partial charge in [0.15, 0.2) is 4.98 Å². The van der Waals surface area contributed by atoms with Crippen LogP contribution in [0.5, 0.6) is 0 Å². The summed E-state index contributed by atoms with van der Waals surface area (Å²) >= 11 is 0. The second-order valence-electron chi connectivity index (χ2n) is 2.63. The van der Waals surface area contributed by atoms with Crippen LogP contribution in [0.1, 0.15) is 0 Å². The lowest BCUT2D eigenvalue weighted by molar-refractivity contribution is 0.368. The minimum Gasteiger partial charge on any atom is -0.418 e. The molecule has 0 aliphatic heterocycles. The van der Waals surface area contributed by atoms with Gasteiger partial charge in [-0.3, -0.25) is 0 Å². The zero-order valence-electron chi connectivity index (χ0n) is 8.10. The van der Waals surface area contributed by atoms with Gasteiger partial charge in [-0.15, -0.1) is 0 Å². The lowest BCUT2D eigenvalue weighted by Crippen LogP contribution is -2.11. The van der Waals surface area contributed by atoms with E-state index in [1.807, 2.05) is 0 Å². The first-order valence-electron chi connectivity index (χ1n) is 3.89. The van der Waals surface area contributed by atoms with E-state index in [4.69, 9.17) is 10.5 Å². The lowest BCUT2D eigenvalue weighted by atomic mass is 10.3. The van der Waals surface area contributed by atoms with Gasteiger partial charge in [0.1, 0.15) is 0 Å². The predicted octanol–water partition coefficient (Wildman–Crippen LogP) is 2.12. The summed E-state index contributed by atoms with van der Waals surface area (Å²) in [5, 5.41) is 13.1. The fourth-order valence-corrected chi connectivity index (χ4v) is 1.22. The van der Waals surface area contributed by atoms with Crippen LogP contribution in [0.25, 0.3) is 4.98 Å². The van der Waals surface area contributed by atoms with Gasteiger partial charge in [0.25, 0.3) is 0 Å². The molecule has 0 saturated carbocycles. The molecule has 0 aromatic heterocycles. The number of diazo groups is 1. The van der Waals surface area contributed by atoms with Crippen LogP contribution in [0, 0.1) is 5.39 Å². The van der Waals surface area contributed by atoms with E-state index in [-0.39, 0.29) is 10.6 Å². The van der Waals surface area contributed by atoms with Gasteiger partial charge in [-0.05, 0) is 12.1 Å². The summed E-state index contributed by atoms with van der Waals surface area (Å²) in [6.45, 7) is 0. The molecular formula is C6H6BF4N3O2S. The highest BCUT2D eigenvalue weighted by Gasteiger charge is 2.20. The quantitative estimate of drug-likeness (QED) is 0.482. The third kappa shape index (κ3) is 8.17. The molecule has 0 saturated heterocycles. The standard InChI is InChI=1S/C6H6N3O2S.BF4/c7-9-5-1-3-6(4-2-5)12(8,10)11;2-1(3,4)5/h1-4H,(H2,8,10,11);/q+1;-1. The predicted molar refractivity (Wildman–Crippen MR) is 52.7 cm³/mol. The van der Waals surface area contributed by atoms with Crippen molar-refractivity contribution in [3.63, 3.8) is 0 Å². The van der Waals surface area contributed by atoms with E-state index in [2.05, 4.69) is 4.98 Å². The number of hydrogen-bond acceptors (Lipinski definition) is 3. The molecule has 0 unspecified atom stereocenters. The molecule has 0 bridgehead atoms. The van der Waals surface area contributed by atoms with Gasteiger partial charge >= 0.3 is 12.9 Å². The Morgan fingerprint density at radius 3 is 1.71 bits per heavy atom. The molecule has 94 valence electrons. The highest BCUT2D eigenvalue weighted by atomic mass is 32.2. The Hall–Kier alpha value is -1.67. The van der Waals surface area contributed by atoms with Gasteiger partial charge in [-0.1, -0.05) is 0 Å². The van der Waals surface area contributed by atoms with Crippen molar-refractivity contribution in [2.45, 2.75) is 4.90 Å². The third-order valence-electron chi connectivity index (χ3n) is 1.28. The number of rotatable bonds is 1. The van der Waals surface area contributed by atoms with Crippen LogP contribution < -0.4 is 5.14 Å². The first-order valence-corrected chi connectivity index (χ1v) is 5.44. The fourth-order valence-electron chi connectivity index (χ4n) is 0.702. The molecule has 0 amide bonds. The van der Waals surface area contributed by atoms with E-state index in [0.29, 0.717) is 0 Å². The van der Waals surface area contributed by atoms with Crippen molar-refractivity contribution in [1.29, 1.82) is 5.39 Å². The third-order valence-corrected chi connectivity index (χ3v) is 2.21. The first-order chi connectivity index (χ1) is 7.54. The number of halogens is 4. The van der Waals surface area contributed by atoms with Gasteiger partial charge in [0, 0.05) is 12.1 Å². The molecule has 0 aliphatic rings. The fraction of sp³-hybridized carbons (Fsp3) is 0. The zero-order valence-corrected chi connectivity index (χ0v) is 8.91. The summed E-state index contributed by atoms with van der Waals surface area (Å²) < 4.78 is 60.4. The van der Waals surface area contributed by atoms with Crippen molar-refractivity contribution in [3.05, 3.63) is 29.2 Å². The van der Waals surface area contributed by atoms with Crippen molar-refractivity contribution in [3.8, 4) is 0 Å². The van der Waals surface area contributed by atoms with E-state index in [1.54, 1.807) is 0 Å². The average molecular weight is 271 g/mol. The lowest BCUT2D eigenvalue weighted by Gasteiger charge is -1.94. The molecule has 2 N–H and O–H groups in total. The van der Waals surface area contributed by atoms with Crippen LogP contribution >= 0.6 is 0 Å². The molecule has 0 aliphatic carbocycles. The molecule has 0 spiro atoms. The van der Waals surface area contributed by atoms with Gasteiger partial charge in [0.2, 0.25) is 15.4 Å². The SMILES string of the molecule is F[B-](F)(F)F.N#[N+]c1ccc(S(N)(=O)=O)cc1. The first kappa shape index (κ1) is 15.3. The minimum absolute atomic E-state index is 0.00472. The summed E-state index contributed by atoms with van der Waals surface area (Å²) in [5.74, 6) is 0. The van der Waals surface area contributed by atoms with Crippen LogP contribution in [0.3, 0.4) is 0 Å². The van der Waals surface area contributed by atoms with E-state index in [0.717, 1.165) is 0 Å². The van der Waals surface area contributed by atoms with Crippen molar-refractivity contribution in [2.24, 2.45) is 5.14 Å². The Morgan fingerprint density at radius 2 is 1.47 bits per heavy atom. The molecule has 1 aromatic carbocycles. The van der Waals surface area contributed by atoms with Gasteiger partial charge < -0.3 is 17.3 Å². The number of sulfonamides is 1. The molecule has 0 radical (unpaired) electrons. The summed E-state index contributed by atoms with van der Waals surface area (Å²) in [5.41, 5.74) is 0.280. The van der Waals surface area contributed by atoms with E-state index >= 15 is 0 Å². The number of nitrogens with zero attached hydrogens (tertiary/aromatic N) is 2. The highest BCUT2D eigenvalue weighted by Crippen LogP contribution is 2.14. The van der Waals surface area contributed by atoms with Crippen LogP contribution in [0.2, 0.25) is 0 Å². The largest absolute Gasteiger partial charge is 0.673 e. The van der Waals surface area contributed by atoms with Crippen molar-refractivity contribution in [2.75, 3.05) is 0 Å². The normalized spacial score (nSPS) is 11.1. The molecule has 0 atom stereocenters. The summed E-state index contributed by atoms with van der Waals surface area (Å²) in [4.78, 5) is 2.85. The Balaban J connectivity index is 0.000000437. The molecule has 1 rings (SSSR count). The van der Waals surface area contributed by atoms with Crippen molar-refractivity contribution >= 4 is 23.0 Å². The Kier molecular flexibility index (Phi) is 5.05. The Bertz CT molecular complexity index is 502. The second-order valence-corrected chi connectivity index (χ2v) is 4.20. The zero-order chi connectivity index (χ0) is 13.7. The summed E-state index contributed by atoms with van der Waals surface area (Å²) in [7, 11) is -9.65.